The molecule has 2 aliphatic rings. The van der Waals surface area contributed by atoms with Gasteiger partial charge in [-0.2, -0.15) is 5.10 Å². The van der Waals surface area contributed by atoms with E-state index in [1.54, 1.807) is 0 Å². The summed E-state index contributed by atoms with van der Waals surface area (Å²) in [5, 5.41) is 9.91. The van der Waals surface area contributed by atoms with Crippen LogP contribution in [0.2, 0.25) is 0 Å². The molecule has 4 heterocycles. The molecule has 2 aromatic heterocycles. The molecule has 6 aromatic rings. The van der Waals surface area contributed by atoms with E-state index in [-0.39, 0.29) is 29.8 Å². The van der Waals surface area contributed by atoms with Crippen molar-refractivity contribution in [1.82, 2.24) is 20.1 Å². The van der Waals surface area contributed by atoms with E-state index >= 15 is 0 Å². The lowest BCUT2D eigenvalue weighted by Crippen LogP contribution is -2.38. The Hall–Kier alpha value is -4.98. The standard InChI is InChI=1S/C41H39N5O2.ClH/c1-29(2)48-37-21-18-30(27-43-37)38-35-26-34(45-25-23-40(39(45)47)22-24-42-28-40)19-20-36(35)46(44-38)41(31-12-6-3-7-13-31,32-14-8-4-9-15-32)33-16-10-5-11-17-33;/h3-21,26-27,29,42H,22-25,28H2,1-2H3;1H. The Bertz CT molecular complexity index is 1960. The highest BCUT2D eigenvalue weighted by Gasteiger charge is 2.49. The molecule has 1 spiro atoms. The molecule has 0 saturated carbocycles. The van der Waals surface area contributed by atoms with Gasteiger partial charge in [0.25, 0.3) is 0 Å². The predicted octanol–water partition coefficient (Wildman–Crippen LogP) is 7.86. The van der Waals surface area contributed by atoms with E-state index in [1.165, 1.54) is 0 Å². The van der Waals surface area contributed by atoms with Crippen LogP contribution in [0.5, 0.6) is 5.88 Å². The average molecular weight is 670 g/mol. The van der Waals surface area contributed by atoms with Gasteiger partial charge in [-0.05, 0) is 74.2 Å². The number of anilines is 1. The molecule has 1 unspecified atom stereocenters. The number of halogens is 1. The fourth-order valence-corrected chi connectivity index (χ4v) is 7.69. The summed E-state index contributed by atoms with van der Waals surface area (Å²) >= 11 is 0. The Morgan fingerprint density at radius 2 is 1.45 bits per heavy atom. The SMILES string of the molecule is CC(C)Oc1ccc(-c2nn(C(c3ccccc3)(c3ccccc3)c3ccccc3)c3ccc(N4CCC5(CCNC5)C4=O)cc23)cn1.Cl. The summed E-state index contributed by atoms with van der Waals surface area (Å²) in [5.41, 5.74) is 5.68. The van der Waals surface area contributed by atoms with Gasteiger partial charge in [0, 0.05) is 42.0 Å². The van der Waals surface area contributed by atoms with Crippen LogP contribution in [0.3, 0.4) is 0 Å². The van der Waals surface area contributed by atoms with Gasteiger partial charge in [-0.25, -0.2) is 9.67 Å². The quantitative estimate of drug-likeness (QED) is 0.167. The molecule has 1 amide bonds. The summed E-state index contributed by atoms with van der Waals surface area (Å²) in [6.07, 6.45) is 3.61. The summed E-state index contributed by atoms with van der Waals surface area (Å²) in [7, 11) is 0. The number of benzene rings is 4. The Labute approximate surface area is 293 Å². The first-order valence-electron chi connectivity index (χ1n) is 16.9. The number of carbonyl (C=O) groups is 1. The number of hydrogen-bond acceptors (Lipinski definition) is 5. The van der Waals surface area contributed by atoms with Crippen LogP contribution in [-0.4, -0.2) is 46.4 Å². The number of nitrogens with zero attached hydrogens (tertiary/aromatic N) is 4. The average Bonchev–Trinajstić information content (AvgIpc) is 3.85. The molecular formula is C41H40ClN5O2. The third-order valence-corrected chi connectivity index (χ3v) is 9.99. The van der Waals surface area contributed by atoms with Gasteiger partial charge in [-0.1, -0.05) is 91.0 Å². The second kappa shape index (κ2) is 13.1. The van der Waals surface area contributed by atoms with Gasteiger partial charge in [-0.15, -0.1) is 12.4 Å². The van der Waals surface area contributed by atoms with Crippen LogP contribution in [-0.2, 0) is 10.3 Å². The number of fused-ring (bicyclic) bond motifs is 1. The lowest BCUT2D eigenvalue weighted by molar-refractivity contribution is -0.124. The maximum Gasteiger partial charge on any atom is 0.234 e. The number of aromatic nitrogens is 3. The van der Waals surface area contributed by atoms with Gasteiger partial charge >= 0.3 is 0 Å². The van der Waals surface area contributed by atoms with E-state index in [2.05, 4.69) is 124 Å². The number of nitrogens with one attached hydrogen (secondary N) is 1. The molecular weight excluding hydrogens is 630 g/mol. The molecule has 0 radical (unpaired) electrons. The fraction of sp³-hybridized carbons (Fsp3) is 0.244. The van der Waals surface area contributed by atoms with Crippen molar-refractivity contribution in [2.45, 2.75) is 38.3 Å². The van der Waals surface area contributed by atoms with Gasteiger partial charge in [0.05, 0.1) is 17.0 Å². The van der Waals surface area contributed by atoms with E-state index in [4.69, 9.17) is 9.84 Å². The molecule has 1 N–H and O–H groups in total. The zero-order chi connectivity index (χ0) is 32.7. The molecule has 0 aliphatic carbocycles. The van der Waals surface area contributed by atoms with Crippen LogP contribution in [0.4, 0.5) is 5.69 Å². The molecule has 2 fully saturated rings. The Morgan fingerprint density at radius 3 is 1.98 bits per heavy atom. The number of amides is 1. The summed E-state index contributed by atoms with van der Waals surface area (Å²) in [6.45, 7) is 6.33. The number of rotatable bonds is 8. The van der Waals surface area contributed by atoms with Crippen molar-refractivity contribution in [3.8, 4) is 17.1 Å². The van der Waals surface area contributed by atoms with E-state index in [0.717, 1.165) is 70.5 Å². The molecule has 4 aromatic carbocycles. The lowest BCUT2D eigenvalue weighted by atomic mass is 9.77. The van der Waals surface area contributed by atoms with Gasteiger partial charge in [0.2, 0.25) is 11.8 Å². The van der Waals surface area contributed by atoms with Gasteiger partial charge < -0.3 is 15.0 Å². The van der Waals surface area contributed by atoms with E-state index < -0.39 is 5.54 Å². The van der Waals surface area contributed by atoms with Crippen molar-refractivity contribution in [3.05, 3.63) is 144 Å². The van der Waals surface area contributed by atoms with Crippen LogP contribution in [0.1, 0.15) is 43.4 Å². The Balaban J connectivity index is 0.00000378. The van der Waals surface area contributed by atoms with Crippen molar-refractivity contribution in [1.29, 1.82) is 0 Å². The zero-order valence-corrected chi connectivity index (χ0v) is 28.6. The topological polar surface area (TPSA) is 72.3 Å². The summed E-state index contributed by atoms with van der Waals surface area (Å²) < 4.78 is 8.06. The normalized spacial score (nSPS) is 17.6. The van der Waals surface area contributed by atoms with Gasteiger partial charge in [0.15, 0.2) is 0 Å². The highest BCUT2D eigenvalue weighted by molar-refractivity contribution is 6.03. The first-order chi connectivity index (χ1) is 23.5. The van der Waals surface area contributed by atoms with E-state index in [9.17, 15) is 4.79 Å². The van der Waals surface area contributed by atoms with E-state index in [1.807, 2.05) is 37.1 Å². The minimum absolute atomic E-state index is 0. The Kier molecular flexibility index (Phi) is 8.73. The fourth-order valence-electron chi connectivity index (χ4n) is 7.69. The summed E-state index contributed by atoms with van der Waals surface area (Å²) in [6, 6.07) is 42.1. The van der Waals surface area contributed by atoms with Crippen LogP contribution in [0, 0.1) is 5.41 Å². The molecule has 2 aliphatic heterocycles. The maximum atomic E-state index is 13.9. The van der Waals surface area contributed by atoms with Crippen LogP contribution < -0.4 is 15.0 Å². The van der Waals surface area contributed by atoms with Crippen LogP contribution in [0.25, 0.3) is 22.2 Å². The highest BCUT2D eigenvalue weighted by Crippen LogP contribution is 2.46. The van der Waals surface area contributed by atoms with Crippen LogP contribution in [0.15, 0.2) is 128 Å². The minimum Gasteiger partial charge on any atom is -0.475 e. The summed E-state index contributed by atoms with van der Waals surface area (Å²) in [5.74, 6) is 0.786. The third-order valence-electron chi connectivity index (χ3n) is 9.99. The lowest BCUT2D eigenvalue weighted by Gasteiger charge is -2.37. The van der Waals surface area contributed by atoms with Crippen molar-refractivity contribution in [2.75, 3.05) is 24.5 Å². The van der Waals surface area contributed by atoms with Crippen molar-refractivity contribution >= 4 is 34.9 Å². The minimum atomic E-state index is -0.807. The van der Waals surface area contributed by atoms with Crippen molar-refractivity contribution in [3.63, 3.8) is 0 Å². The zero-order valence-electron chi connectivity index (χ0n) is 27.8. The smallest absolute Gasteiger partial charge is 0.234 e. The number of hydrogen-bond donors (Lipinski definition) is 1. The number of carbonyl (C=O) groups excluding carboxylic acids is 1. The molecule has 7 nitrogen and oxygen atoms in total. The first kappa shape index (κ1) is 32.6. The summed E-state index contributed by atoms with van der Waals surface area (Å²) in [4.78, 5) is 20.5. The van der Waals surface area contributed by atoms with Crippen LogP contribution >= 0.6 is 12.4 Å². The highest BCUT2D eigenvalue weighted by atomic mass is 35.5. The second-order valence-corrected chi connectivity index (χ2v) is 13.2. The largest absolute Gasteiger partial charge is 0.475 e. The molecule has 49 heavy (non-hydrogen) atoms. The van der Waals surface area contributed by atoms with Gasteiger partial charge in [0.1, 0.15) is 11.2 Å². The van der Waals surface area contributed by atoms with E-state index in [0.29, 0.717) is 12.4 Å². The first-order valence-corrected chi connectivity index (χ1v) is 16.9. The second-order valence-electron chi connectivity index (χ2n) is 13.2. The number of ether oxygens (including phenoxy) is 1. The maximum absolute atomic E-state index is 13.9. The molecule has 248 valence electrons. The van der Waals surface area contributed by atoms with Gasteiger partial charge in [-0.3, -0.25) is 4.79 Å². The molecule has 0 bridgehead atoms. The molecule has 1 atom stereocenters. The monoisotopic (exact) mass is 669 g/mol. The van der Waals surface area contributed by atoms with Crippen molar-refractivity contribution < 1.29 is 9.53 Å². The molecule has 8 rings (SSSR count). The molecule has 8 heteroatoms. The number of pyridine rings is 1. The predicted molar refractivity (Wildman–Crippen MR) is 197 cm³/mol. The Morgan fingerprint density at radius 1 is 0.816 bits per heavy atom. The van der Waals surface area contributed by atoms with Crippen molar-refractivity contribution in [2.24, 2.45) is 5.41 Å². The third kappa shape index (κ3) is 5.47. The molecule has 2 saturated heterocycles.